The van der Waals surface area contributed by atoms with Gasteiger partial charge in [0.05, 0.1) is 6.54 Å². The fourth-order valence-corrected chi connectivity index (χ4v) is 2.12. The van der Waals surface area contributed by atoms with Gasteiger partial charge in [0.1, 0.15) is 0 Å². The van der Waals surface area contributed by atoms with Crippen molar-refractivity contribution in [3.05, 3.63) is 23.8 Å². The lowest BCUT2D eigenvalue weighted by Gasteiger charge is -2.19. The maximum Gasteiger partial charge on any atom is 0.337 e. The topological polar surface area (TPSA) is 102 Å². The van der Waals surface area contributed by atoms with Crippen molar-refractivity contribution in [1.82, 2.24) is 5.32 Å². The molecule has 1 atom stereocenters. The normalized spacial score (nSPS) is 16.0. The minimum atomic E-state index is -1.99. The summed E-state index contributed by atoms with van der Waals surface area (Å²) in [5.74, 6) is -1.39. The number of carboxylic acids is 1. The standard InChI is InChI=1S/C14H19N3O4/c1-14(21,12(18)19)8-15-13(20)16-10-4-3-9-5-6-17(2)11(9)7-10/h3-4,7,21H,5-6,8H2,1-2H3,(H,18,19)(H2,15,16,20). The summed E-state index contributed by atoms with van der Waals surface area (Å²) in [5, 5.41) is 23.2. The third-order valence-corrected chi connectivity index (χ3v) is 3.52. The molecule has 0 aromatic heterocycles. The van der Waals surface area contributed by atoms with Crippen LogP contribution in [0.2, 0.25) is 0 Å². The van der Waals surface area contributed by atoms with E-state index in [1.54, 1.807) is 6.07 Å². The van der Waals surface area contributed by atoms with E-state index < -0.39 is 17.6 Å². The Balaban J connectivity index is 1.95. The second-order valence-corrected chi connectivity index (χ2v) is 5.40. The molecule has 0 fully saturated rings. The van der Waals surface area contributed by atoms with E-state index in [9.17, 15) is 14.7 Å². The van der Waals surface area contributed by atoms with Gasteiger partial charge in [-0.2, -0.15) is 0 Å². The highest BCUT2D eigenvalue weighted by Crippen LogP contribution is 2.29. The molecule has 0 radical (unpaired) electrons. The molecule has 0 spiro atoms. The molecule has 1 unspecified atom stereocenters. The lowest BCUT2D eigenvalue weighted by molar-refractivity contribution is -0.155. The molecule has 0 bridgehead atoms. The van der Waals surface area contributed by atoms with Crippen LogP contribution in [0.15, 0.2) is 18.2 Å². The van der Waals surface area contributed by atoms with Crippen molar-refractivity contribution in [3.63, 3.8) is 0 Å². The fourth-order valence-electron chi connectivity index (χ4n) is 2.12. The monoisotopic (exact) mass is 293 g/mol. The Morgan fingerprint density at radius 1 is 1.43 bits per heavy atom. The second-order valence-electron chi connectivity index (χ2n) is 5.40. The van der Waals surface area contributed by atoms with Crippen LogP contribution >= 0.6 is 0 Å². The zero-order valence-corrected chi connectivity index (χ0v) is 12.0. The van der Waals surface area contributed by atoms with Crippen LogP contribution in [0.3, 0.4) is 0 Å². The Morgan fingerprint density at radius 2 is 2.14 bits per heavy atom. The van der Waals surface area contributed by atoms with Gasteiger partial charge in [-0.15, -0.1) is 0 Å². The quantitative estimate of drug-likeness (QED) is 0.652. The number of urea groups is 1. The third kappa shape index (κ3) is 3.43. The molecule has 1 heterocycles. The number of aliphatic hydroxyl groups is 1. The van der Waals surface area contributed by atoms with Crippen LogP contribution in [0.5, 0.6) is 0 Å². The highest BCUT2D eigenvalue weighted by atomic mass is 16.4. The summed E-state index contributed by atoms with van der Waals surface area (Å²) in [6, 6.07) is 5.07. The van der Waals surface area contributed by atoms with E-state index in [0.29, 0.717) is 5.69 Å². The minimum absolute atomic E-state index is 0.376. The maximum atomic E-state index is 11.7. The molecule has 2 amide bonds. The van der Waals surface area contributed by atoms with Crippen LogP contribution in [-0.2, 0) is 11.2 Å². The van der Waals surface area contributed by atoms with Crippen molar-refractivity contribution in [3.8, 4) is 0 Å². The molecule has 0 saturated heterocycles. The smallest absolute Gasteiger partial charge is 0.337 e. The Bertz CT molecular complexity index is 571. The molecule has 7 nitrogen and oxygen atoms in total. The SMILES string of the molecule is CN1CCc2ccc(NC(=O)NCC(C)(O)C(=O)O)cc21. The lowest BCUT2D eigenvalue weighted by Crippen LogP contribution is -2.47. The van der Waals surface area contributed by atoms with Gasteiger partial charge in [0.25, 0.3) is 0 Å². The molecule has 2 rings (SSSR count). The molecule has 0 aliphatic carbocycles. The van der Waals surface area contributed by atoms with E-state index >= 15 is 0 Å². The summed E-state index contributed by atoms with van der Waals surface area (Å²) in [6.07, 6.45) is 0.986. The van der Waals surface area contributed by atoms with Crippen molar-refractivity contribution in [2.45, 2.75) is 18.9 Å². The average Bonchev–Trinajstić information content (AvgIpc) is 2.78. The summed E-state index contributed by atoms with van der Waals surface area (Å²) >= 11 is 0. The van der Waals surface area contributed by atoms with Crippen LogP contribution in [0, 0.1) is 0 Å². The summed E-state index contributed by atoms with van der Waals surface area (Å²) in [6.45, 7) is 1.70. The number of hydrogen-bond acceptors (Lipinski definition) is 4. The number of rotatable bonds is 4. The van der Waals surface area contributed by atoms with Crippen LogP contribution in [0.4, 0.5) is 16.2 Å². The van der Waals surface area contributed by atoms with Gasteiger partial charge >= 0.3 is 12.0 Å². The average molecular weight is 293 g/mol. The first kappa shape index (κ1) is 15.1. The van der Waals surface area contributed by atoms with Gasteiger partial charge in [-0.3, -0.25) is 0 Å². The van der Waals surface area contributed by atoms with E-state index in [0.717, 1.165) is 25.6 Å². The number of nitrogens with one attached hydrogen (secondary N) is 2. The summed E-state index contributed by atoms with van der Waals surface area (Å²) < 4.78 is 0. The summed E-state index contributed by atoms with van der Waals surface area (Å²) in [4.78, 5) is 24.6. The zero-order valence-electron chi connectivity index (χ0n) is 12.0. The predicted octanol–water partition coefficient (Wildman–Crippen LogP) is 0.636. The van der Waals surface area contributed by atoms with E-state index in [-0.39, 0.29) is 6.54 Å². The predicted molar refractivity (Wildman–Crippen MR) is 78.7 cm³/mol. The largest absolute Gasteiger partial charge is 0.479 e. The number of likely N-dealkylation sites (N-methyl/N-ethyl adjacent to an activating group) is 1. The van der Waals surface area contributed by atoms with E-state index in [1.807, 2.05) is 19.2 Å². The van der Waals surface area contributed by atoms with E-state index in [1.165, 1.54) is 5.56 Å². The molecule has 0 saturated carbocycles. The molecule has 4 N–H and O–H groups in total. The highest BCUT2D eigenvalue weighted by Gasteiger charge is 2.30. The first-order valence-corrected chi connectivity index (χ1v) is 6.64. The van der Waals surface area contributed by atoms with Gasteiger partial charge < -0.3 is 25.7 Å². The molecule has 7 heteroatoms. The van der Waals surface area contributed by atoms with Gasteiger partial charge in [0, 0.05) is 25.0 Å². The van der Waals surface area contributed by atoms with Gasteiger partial charge in [0.2, 0.25) is 0 Å². The van der Waals surface area contributed by atoms with Crippen molar-refractivity contribution < 1.29 is 19.8 Å². The van der Waals surface area contributed by atoms with Crippen LogP contribution in [0.1, 0.15) is 12.5 Å². The molecule has 1 aromatic rings. The molecular formula is C14H19N3O4. The number of carbonyl (C=O) groups excluding carboxylic acids is 1. The Morgan fingerprint density at radius 3 is 2.81 bits per heavy atom. The number of benzene rings is 1. The Kier molecular flexibility index (Phi) is 4.04. The molecule has 1 aliphatic rings. The van der Waals surface area contributed by atoms with Crippen LogP contribution < -0.4 is 15.5 Å². The lowest BCUT2D eigenvalue weighted by atomic mass is 10.1. The molecular weight excluding hydrogens is 274 g/mol. The Hall–Kier alpha value is -2.28. The Labute approximate surface area is 122 Å². The fraction of sp³-hybridized carbons (Fsp3) is 0.429. The van der Waals surface area contributed by atoms with Gasteiger partial charge in [-0.05, 0) is 31.0 Å². The number of fused-ring (bicyclic) bond motifs is 1. The molecule has 21 heavy (non-hydrogen) atoms. The molecule has 114 valence electrons. The van der Waals surface area contributed by atoms with Gasteiger partial charge in [0.15, 0.2) is 5.60 Å². The summed E-state index contributed by atoms with van der Waals surface area (Å²) in [5.41, 5.74) is 0.938. The highest BCUT2D eigenvalue weighted by molar-refractivity contribution is 5.90. The first-order valence-electron chi connectivity index (χ1n) is 6.64. The van der Waals surface area contributed by atoms with E-state index in [4.69, 9.17) is 5.11 Å². The van der Waals surface area contributed by atoms with Gasteiger partial charge in [-0.25, -0.2) is 9.59 Å². The van der Waals surface area contributed by atoms with Gasteiger partial charge in [-0.1, -0.05) is 6.07 Å². The minimum Gasteiger partial charge on any atom is -0.479 e. The van der Waals surface area contributed by atoms with Crippen molar-refractivity contribution in [2.75, 3.05) is 30.4 Å². The van der Waals surface area contributed by atoms with Crippen molar-refractivity contribution in [2.24, 2.45) is 0 Å². The third-order valence-electron chi connectivity index (χ3n) is 3.52. The first-order chi connectivity index (χ1) is 9.79. The summed E-state index contributed by atoms with van der Waals surface area (Å²) in [7, 11) is 1.99. The number of amides is 2. The van der Waals surface area contributed by atoms with E-state index in [2.05, 4.69) is 15.5 Å². The number of nitrogens with zero attached hydrogens (tertiary/aromatic N) is 1. The number of hydrogen-bond donors (Lipinski definition) is 4. The zero-order chi connectivity index (χ0) is 15.6. The molecule has 1 aromatic carbocycles. The van der Waals surface area contributed by atoms with Crippen LogP contribution in [0.25, 0.3) is 0 Å². The maximum absolute atomic E-state index is 11.7. The van der Waals surface area contributed by atoms with Crippen molar-refractivity contribution in [1.29, 1.82) is 0 Å². The van der Waals surface area contributed by atoms with Crippen molar-refractivity contribution >= 4 is 23.4 Å². The second kappa shape index (κ2) is 5.61. The van der Waals surface area contributed by atoms with Crippen LogP contribution in [-0.4, -0.2) is 48.0 Å². The molecule has 1 aliphatic heterocycles. The number of carbonyl (C=O) groups is 2. The number of anilines is 2. The number of aliphatic carboxylic acids is 1. The number of carboxylic acid groups (broad SMARTS) is 1.